The fourth-order valence-corrected chi connectivity index (χ4v) is 2.33. The molecule has 8 nitrogen and oxygen atoms in total. The second-order valence-electron chi connectivity index (χ2n) is 5.27. The number of carbonyl (C=O) groups is 2. The number of aromatic nitrogens is 1. The Bertz CT molecular complexity index is 510. The van der Waals surface area contributed by atoms with Crippen molar-refractivity contribution in [1.82, 2.24) is 14.8 Å². The van der Waals surface area contributed by atoms with Gasteiger partial charge in [0.25, 0.3) is 0 Å². The number of amides is 3. The van der Waals surface area contributed by atoms with Crippen molar-refractivity contribution in [3.63, 3.8) is 0 Å². The molecule has 1 aliphatic heterocycles. The molecule has 2 heterocycles. The predicted octanol–water partition coefficient (Wildman–Crippen LogP) is -0.269. The molecule has 3 amide bonds. The van der Waals surface area contributed by atoms with E-state index >= 15 is 0 Å². The van der Waals surface area contributed by atoms with Crippen LogP contribution in [-0.2, 0) is 9.53 Å². The Morgan fingerprint density at radius 3 is 3.09 bits per heavy atom. The zero-order chi connectivity index (χ0) is 15.9. The van der Waals surface area contributed by atoms with Gasteiger partial charge in [-0.05, 0) is 19.2 Å². The highest BCUT2D eigenvalue weighted by molar-refractivity contribution is 5.89. The number of nitrogens with one attached hydrogen (secondary N) is 1. The minimum absolute atomic E-state index is 0.141. The summed E-state index contributed by atoms with van der Waals surface area (Å²) in [4.78, 5) is 30.5. The molecule has 22 heavy (non-hydrogen) atoms. The Hall–Kier alpha value is -2.19. The highest BCUT2D eigenvalue weighted by atomic mass is 16.5. The number of likely N-dealkylation sites (N-methyl/N-ethyl adjacent to an activating group) is 1. The summed E-state index contributed by atoms with van der Waals surface area (Å²) >= 11 is 0. The summed E-state index contributed by atoms with van der Waals surface area (Å²) in [6.45, 7) is 2.17. The van der Waals surface area contributed by atoms with Gasteiger partial charge in [0.2, 0.25) is 5.91 Å². The Morgan fingerprint density at radius 2 is 2.41 bits per heavy atom. The molecule has 120 valence electrons. The van der Waals surface area contributed by atoms with Crippen molar-refractivity contribution < 1.29 is 14.3 Å². The van der Waals surface area contributed by atoms with Gasteiger partial charge in [-0.15, -0.1) is 0 Å². The third-order valence-corrected chi connectivity index (χ3v) is 3.28. The summed E-state index contributed by atoms with van der Waals surface area (Å²) in [5, 5.41) is 2.80. The predicted molar refractivity (Wildman–Crippen MR) is 81.3 cm³/mol. The number of ether oxygens (including phenoxy) is 1. The number of anilines is 1. The van der Waals surface area contributed by atoms with Crippen molar-refractivity contribution in [1.29, 1.82) is 0 Å². The van der Waals surface area contributed by atoms with E-state index in [1.54, 1.807) is 41.4 Å². The second-order valence-corrected chi connectivity index (χ2v) is 5.27. The van der Waals surface area contributed by atoms with Crippen LogP contribution in [0.5, 0.6) is 0 Å². The summed E-state index contributed by atoms with van der Waals surface area (Å²) in [5.41, 5.74) is 5.81. The molecule has 0 spiro atoms. The van der Waals surface area contributed by atoms with Crippen LogP contribution in [0.25, 0.3) is 0 Å². The first-order valence-corrected chi connectivity index (χ1v) is 7.09. The normalized spacial score (nSPS) is 18.3. The highest BCUT2D eigenvalue weighted by Crippen LogP contribution is 2.10. The van der Waals surface area contributed by atoms with Crippen LogP contribution in [0, 0.1) is 0 Å². The maximum atomic E-state index is 12.2. The maximum absolute atomic E-state index is 12.2. The topological polar surface area (TPSA) is 101 Å². The number of urea groups is 1. The summed E-state index contributed by atoms with van der Waals surface area (Å²) in [5.74, 6) is -0.385. The number of rotatable bonds is 5. The van der Waals surface area contributed by atoms with Crippen molar-refractivity contribution >= 4 is 17.6 Å². The van der Waals surface area contributed by atoms with Crippen LogP contribution in [0.3, 0.4) is 0 Å². The van der Waals surface area contributed by atoms with Gasteiger partial charge in [-0.2, -0.15) is 0 Å². The lowest BCUT2D eigenvalue weighted by atomic mass is 10.2. The standard InChI is InChI=1S/C14H21N5O3/c1-18(10-13(15)20)8-12-9-19(5-6-22-12)14(21)17-11-3-2-4-16-7-11/h2-4,7,12H,5-6,8-10H2,1H3,(H2,15,20)(H,17,21)/t12-/m1/s1. The molecule has 1 aliphatic rings. The van der Waals surface area contributed by atoms with Gasteiger partial charge in [0.05, 0.1) is 31.1 Å². The van der Waals surface area contributed by atoms with E-state index in [0.29, 0.717) is 31.9 Å². The number of nitrogens with two attached hydrogens (primary N) is 1. The van der Waals surface area contributed by atoms with Crippen LogP contribution in [0.2, 0.25) is 0 Å². The molecule has 2 rings (SSSR count). The smallest absolute Gasteiger partial charge is 0.322 e. The van der Waals surface area contributed by atoms with E-state index in [-0.39, 0.29) is 24.6 Å². The van der Waals surface area contributed by atoms with Gasteiger partial charge in [-0.3, -0.25) is 14.7 Å². The molecule has 0 aromatic carbocycles. The van der Waals surface area contributed by atoms with E-state index in [1.165, 1.54) is 0 Å². The monoisotopic (exact) mass is 307 g/mol. The third kappa shape index (κ3) is 4.97. The minimum atomic E-state index is -0.385. The van der Waals surface area contributed by atoms with E-state index in [2.05, 4.69) is 10.3 Å². The number of hydrogen-bond donors (Lipinski definition) is 2. The summed E-state index contributed by atoms with van der Waals surface area (Å²) in [6.07, 6.45) is 3.10. The van der Waals surface area contributed by atoms with Crippen LogP contribution in [0.1, 0.15) is 0 Å². The average molecular weight is 307 g/mol. The van der Waals surface area contributed by atoms with E-state index in [4.69, 9.17) is 10.5 Å². The lowest BCUT2D eigenvalue weighted by Gasteiger charge is -2.34. The van der Waals surface area contributed by atoms with Crippen molar-refractivity contribution in [2.45, 2.75) is 6.10 Å². The van der Waals surface area contributed by atoms with E-state index in [9.17, 15) is 9.59 Å². The van der Waals surface area contributed by atoms with Gasteiger partial charge in [0, 0.05) is 25.8 Å². The molecule has 3 N–H and O–H groups in total. The lowest BCUT2D eigenvalue weighted by Crippen LogP contribution is -2.51. The second kappa shape index (κ2) is 7.71. The van der Waals surface area contributed by atoms with Gasteiger partial charge in [0.15, 0.2) is 0 Å². The summed E-state index contributed by atoms with van der Waals surface area (Å²) < 4.78 is 5.63. The number of hydrogen-bond acceptors (Lipinski definition) is 5. The molecule has 1 atom stereocenters. The first-order chi connectivity index (χ1) is 10.5. The lowest BCUT2D eigenvalue weighted by molar-refractivity contribution is -0.119. The van der Waals surface area contributed by atoms with Crippen molar-refractivity contribution in [2.24, 2.45) is 5.73 Å². The summed E-state index contributed by atoms with van der Waals surface area (Å²) in [6, 6.07) is 3.36. The minimum Gasteiger partial charge on any atom is -0.373 e. The largest absolute Gasteiger partial charge is 0.373 e. The summed E-state index contributed by atoms with van der Waals surface area (Å²) in [7, 11) is 1.79. The van der Waals surface area contributed by atoms with Crippen LogP contribution in [0.4, 0.5) is 10.5 Å². The molecule has 8 heteroatoms. The number of pyridine rings is 1. The van der Waals surface area contributed by atoms with Crippen molar-refractivity contribution in [3.8, 4) is 0 Å². The zero-order valence-electron chi connectivity index (χ0n) is 12.6. The molecule has 1 fully saturated rings. The first kappa shape index (κ1) is 16.2. The van der Waals surface area contributed by atoms with Crippen LogP contribution >= 0.6 is 0 Å². The molecule has 1 aromatic heterocycles. The molecule has 0 bridgehead atoms. The molecule has 0 saturated carbocycles. The van der Waals surface area contributed by atoms with Crippen LogP contribution in [-0.4, -0.2) is 72.7 Å². The van der Waals surface area contributed by atoms with Crippen molar-refractivity contribution in [3.05, 3.63) is 24.5 Å². The molecule has 1 saturated heterocycles. The maximum Gasteiger partial charge on any atom is 0.322 e. The quantitative estimate of drug-likeness (QED) is 0.780. The Morgan fingerprint density at radius 1 is 1.59 bits per heavy atom. The van der Waals surface area contributed by atoms with E-state index < -0.39 is 0 Å². The molecule has 0 radical (unpaired) electrons. The average Bonchev–Trinajstić information content (AvgIpc) is 2.47. The number of carbonyl (C=O) groups excluding carboxylic acids is 2. The number of morpholine rings is 1. The fourth-order valence-electron chi connectivity index (χ4n) is 2.33. The Labute approximate surface area is 129 Å². The molecular formula is C14H21N5O3. The molecule has 1 aromatic rings. The fraction of sp³-hybridized carbons (Fsp3) is 0.500. The third-order valence-electron chi connectivity index (χ3n) is 3.28. The Kier molecular flexibility index (Phi) is 5.68. The van der Waals surface area contributed by atoms with Crippen LogP contribution in [0.15, 0.2) is 24.5 Å². The van der Waals surface area contributed by atoms with Crippen LogP contribution < -0.4 is 11.1 Å². The van der Waals surface area contributed by atoms with Crippen molar-refractivity contribution in [2.75, 3.05) is 45.2 Å². The number of primary amides is 1. The number of nitrogens with zero attached hydrogens (tertiary/aromatic N) is 3. The SMILES string of the molecule is CN(CC(N)=O)C[C@@H]1CN(C(=O)Nc2cccnc2)CCO1. The first-order valence-electron chi connectivity index (χ1n) is 7.09. The van der Waals surface area contributed by atoms with E-state index in [1.807, 2.05) is 0 Å². The molecule has 0 aliphatic carbocycles. The van der Waals surface area contributed by atoms with Gasteiger partial charge >= 0.3 is 6.03 Å². The Balaban J connectivity index is 1.84. The molecular weight excluding hydrogens is 286 g/mol. The molecule has 0 unspecified atom stereocenters. The highest BCUT2D eigenvalue weighted by Gasteiger charge is 2.25. The van der Waals surface area contributed by atoms with Gasteiger partial charge in [0.1, 0.15) is 0 Å². The van der Waals surface area contributed by atoms with E-state index in [0.717, 1.165) is 0 Å². The van der Waals surface area contributed by atoms with Gasteiger partial charge < -0.3 is 20.7 Å². The van der Waals surface area contributed by atoms with Gasteiger partial charge in [-0.1, -0.05) is 0 Å². The van der Waals surface area contributed by atoms with Gasteiger partial charge in [-0.25, -0.2) is 4.79 Å². The zero-order valence-corrected chi connectivity index (χ0v) is 12.6.